The molecule has 0 fully saturated rings. The Balaban J connectivity index is 1.81. The van der Waals surface area contributed by atoms with E-state index in [-0.39, 0.29) is 24.9 Å². The first-order chi connectivity index (χ1) is 13.5. The van der Waals surface area contributed by atoms with Crippen LogP contribution in [-0.4, -0.2) is 35.8 Å². The van der Waals surface area contributed by atoms with Gasteiger partial charge in [-0.1, -0.05) is 30.3 Å². The van der Waals surface area contributed by atoms with Crippen LogP contribution in [0.3, 0.4) is 0 Å². The van der Waals surface area contributed by atoms with Crippen molar-refractivity contribution < 1.29 is 22.7 Å². The third kappa shape index (κ3) is 7.90. The highest BCUT2D eigenvalue weighted by Crippen LogP contribution is 2.15. The van der Waals surface area contributed by atoms with Crippen molar-refractivity contribution in [3.05, 3.63) is 53.7 Å². The number of hydrogen-bond acceptors (Lipinski definition) is 6. The average Bonchev–Trinajstić information content (AvgIpc) is 3.10. The van der Waals surface area contributed by atoms with Gasteiger partial charge in [0.25, 0.3) is 0 Å². The molecule has 0 spiro atoms. The van der Waals surface area contributed by atoms with Gasteiger partial charge in [-0.3, -0.25) is 9.59 Å². The van der Waals surface area contributed by atoms with E-state index in [1.165, 1.54) is 23.2 Å². The van der Waals surface area contributed by atoms with Crippen molar-refractivity contribution in [2.45, 2.75) is 33.9 Å². The summed E-state index contributed by atoms with van der Waals surface area (Å²) in [4.78, 5) is 23.8. The fraction of sp³-hybridized carbons (Fsp3) is 0.350. The molecule has 9 heteroatoms. The van der Waals surface area contributed by atoms with Crippen LogP contribution in [0.1, 0.15) is 32.8 Å². The lowest BCUT2D eigenvalue weighted by Crippen LogP contribution is -2.24. The van der Waals surface area contributed by atoms with Crippen LogP contribution in [0.2, 0.25) is 0 Å². The summed E-state index contributed by atoms with van der Waals surface area (Å²) in [5.41, 5.74) is 0.532. The lowest BCUT2D eigenvalue weighted by Gasteiger charge is -2.16. The highest BCUT2D eigenvalue weighted by atomic mass is 32.2. The third-order valence-corrected chi connectivity index (χ3v) is 5.06. The summed E-state index contributed by atoms with van der Waals surface area (Å²) in [6.07, 6.45) is 4.20. The molecule has 2 aromatic rings. The molecule has 156 valence electrons. The number of benzene rings is 1. The van der Waals surface area contributed by atoms with Gasteiger partial charge in [0.2, 0.25) is 5.91 Å². The van der Waals surface area contributed by atoms with Gasteiger partial charge in [-0.15, -0.1) is 0 Å². The van der Waals surface area contributed by atoms with Crippen LogP contribution in [0.5, 0.6) is 0 Å². The molecule has 0 atom stereocenters. The summed E-state index contributed by atoms with van der Waals surface area (Å²) in [7, 11) is -3.51. The van der Waals surface area contributed by atoms with E-state index in [1.54, 1.807) is 32.9 Å². The van der Waals surface area contributed by atoms with Gasteiger partial charge in [0.1, 0.15) is 0 Å². The van der Waals surface area contributed by atoms with E-state index < -0.39 is 21.2 Å². The molecular weight excluding hydrogens is 394 g/mol. The Kier molecular flexibility index (Phi) is 7.33. The van der Waals surface area contributed by atoms with Crippen molar-refractivity contribution >= 4 is 33.5 Å². The molecule has 0 aliphatic heterocycles. The van der Waals surface area contributed by atoms with Crippen molar-refractivity contribution in [2.75, 3.05) is 11.1 Å². The van der Waals surface area contributed by atoms with E-state index in [4.69, 9.17) is 4.74 Å². The molecule has 0 aliphatic carbocycles. The van der Waals surface area contributed by atoms with E-state index >= 15 is 0 Å². The summed E-state index contributed by atoms with van der Waals surface area (Å²) in [5, 5.41) is 7.67. The van der Waals surface area contributed by atoms with Crippen LogP contribution in [0, 0.1) is 5.41 Å². The molecule has 0 saturated heterocycles. The first kappa shape index (κ1) is 22.4. The van der Waals surface area contributed by atoms with Gasteiger partial charge >= 0.3 is 5.97 Å². The minimum Gasteiger partial charge on any atom is -0.442 e. The third-order valence-electron chi connectivity index (χ3n) is 3.74. The zero-order valence-electron chi connectivity index (χ0n) is 16.7. The van der Waals surface area contributed by atoms with Crippen LogP contribution >= 0.6 is 0 Å². The largest absolute Gasteiger partial charge is 0.442 e. The topological polar surface area (TPSA) is 107 Å². The average molecular weight is 420 g/mol. The highest BCUT2D eigenvalue weighted by molar-refractivity contribution is 7.94. The number of rotatable bonds is 8. The smallest absolute Gasteiger partial charge is 0.313 e. The molecule has 0 bridgehead atoms. The van der Waals surface area contributed by atoms with Gasteiger partial charge in [-0.2, -0.15) is 5.10 Å². The Labute approximate surface area is 170 Å². The maximum Gasteiger partial charge on any atom is 0.313 e. The second-order valence-electron chi connectivity index (χ2n) is 7.46. The van der Waals surface area contributed by atoms with Gasteiger partial charge < -0.3 is 10.1 Å². The fourth-order valence-electron chi connectivity index (χ4n) is 2.11. The summed E-state index contributed by atoms with van der Waals surface area (Å²) < 4.78 is 30.6. The molecule has 0 saturated carbocycles. The minimum atomic E-state index is -3.51. The molecule has 1 aromatic carbocycles. The molecule has 1 amide bonds. The number of amides is 1. The van der Waals surface area contributed by atoms with E-state index in [1.807, 2.05) is 18.2 Å². The molecule has 1 heterocycles. The maximum absolute atomic E-state index is 12.1. The number of anilines is 1. The number of aromatic nitrogens is 2. The van der Waals surface area contributed by atoms with Crippen LogP contribution in [0.25, 0.3) is 6.08 Å². The van der Waals surface area contributed by atoms with Crippen LogP contribution in [0.15, 0.2) is 48.1 Å². The summed E-state index contributed by atoms with van der Waals surface area (Å²) in [6, 6.07) is 9.03. The minimum absolute atomic E-state index is 0.0787. The Morgan fingerprint density at radius 1 is 1.21 bits per heavy atom. The molecule has 1 aromatic heterocycles. The van der Waals surface area contributed by atoms with E-state index in [2.05, 4.69) is 10.4 Å². The summed E-state index contributed by atoms with van der Waals surface area (Å²) in [6.45, 7) is 5.15. The standard InChI is InChI=1S/C20H25N3O5S/c1-20(2,3)19(25)28-15-23-14-17(13-21-23)22-18(24)10-12-29(26,27)11-9-16-7-5-4-6-8-16/h4-9,11,13-14H,10,12,15H2,1-3H3,(H,22,24). The van der Waals surface area contributed by atoms with Crippen molar-refractivity contribution in [1.29, 1.82) is 0 Å². The molecule has 0 aliphatic rings. The van der Waals surface area contributed by atoms with Crippen LogP contribution in [-0.2, 0) is 30.9 Å². The van der Waals surface area contributed by atoms with Crippen LogP contribution < -0.4 is 5.32 Å². The van der Waals surface area contributed by atoms with Gasteiger partial charge in [0.05, 0.1) is 29.2 Å². The Hall–Kier alpha value is -2.94. The second kappa shape index (κ2) is 9.51. The van der Waals surface area contributed by atoms with Gasteiger partial charge in [0, 0.05) is 11.8 Å². The van der Waals surface area contributed by atoms with Gasteiger partial charge in [-0.25, -0.2) is 13.1 Å². The SMILES string of the molecule is CC(C)(C)C(=O)OCn1cc(NC(=O)CCS(=O)(=O)C=Cc2ccccc2)cn1. The number of sulfone groups is 1. The monoisotopic (exact) mass is 419 g/mol. The Bertz CT molecular complexity index is 973. The van der Waals surface area contributed by atoms with E-state index in [0.717, 1.165) is 11.0 Å². The maximum atomic E-state index is 12.1. The predicted molar refractivity (Wildman–Crippen MR) is 110 cm³/mol. The molecule has 1 N–H and O–H groups in total. The van der Waals surface area contributed by atoms with Gasteiger partial charge in [-0.05, 0) is 32.4 Å². The lowest BCUT2D eigenvalue weighted by atomic mass is 9.98. The first-order valence-corrected chi connectivity index (χ1v) is 10.7. The molecule has 29 heavy (non-hydrogen) atoms. The Morgan fingerprint density at radius 3 is 2.55 bits per heavy atom. The van der Waals surface area contributed by atoms with E-state index in [0.29, 0.717) is 5.69 Å². The zero-order chi connectivity index (χ0) is 21.5. The Morgan fingerprint density at radius 2 is 1.90 bits per heavy atom. The fourth-order valence-corrected chi connectivity index (χ4v) is 3.08. The molecule has 2 rings (SSSR count). The zero-order valence-corrected chi connectivity index (χ0v) is 17.5. The predicted octanol–water partition coefficient (Wildman–Crippen LogP) is 2.84. The first-order valence-electron chi connectivity index (χ1n) is 9.00. The molecular formula is C20H25N3O5S. The van der Waals surface area contributed by atoms with Gasteiger partial charge in [0.15, 0.2) is 16.6 Å². The van der Waals surface area contributed by atoms with Crippen molar-refractivity contribution in [3.8, 4) is 0 Å². The van der Waals surface area contributed by atoms with E-state index in [9.17, 15) is 18.0 Å². The lowest BCUT2D eigenvalue weighted by molar-refractivity contribution is -0.157. The number of esters is 1. The summed E-state index contributed by atoms with van der Waals surface area (Å²) in [5.74, 6) is -1.13. The van der Waals surface area contributed by atoms with Crippen molar-refractivity contribution in [1.82, 2.24) is 9.78 Å². The number of nitrogens with one attached hydrogen (secondary N) is 1. The highest BCUT2D eigenvalue weighted by Gasteiger charge is 2.23. The molecule has 0 radical (unpaired) electrons. The number of carbonyl (C=O) groups is 2. The molecule has 0 unspecified atom stereocenters. The number of hydrogen-bond donors (Lipinski definition) is 1. The number of ether oxygens (including phenoxy) is 1. The van der Waals surface area contributed by atoms with Crippen molar-refractivity contribution in [3.63, 3.8) is 0 Å². The van der Waals surface area contributed by atoms with Crippen molar-refractivity contribution in [2.24, 2.45) is 5.41 Å². The number of nitrogens with zero attached hydrogens (tertiary/aromatic N) is 2. The second-order valence-corrected chi connectivity index (χ2v) is 9.46. The number of carbonyl (C=O) groups excluding carboxylic acids is 2. The summed E-state index contributed by atoms with van der Waals surface area (Å²) >= 11 is 0. The normalized spacial score (nSPS) is 12.1. The van der Waals surface area contributed by atoms with Crippen LogP contribution in [0.4, 0.5) is 5.69 Å². The molecule has 8 nitrogen and oxygen atoms in total. The quantitative estimate of drug-likeness (QED) is 0.659.